The van der Waals surface area contributed by atoms with E-state index in [0.717, 1.165) is 32.6 Å². The van der Waals surface area contributed by atoms with Gasteiger partial charge in [-0.1, -0.05) is 6.42 Å². The largest absolute Gasteiger partial charge is 0.355 e. The molecular weight excluding hydrogens is 238 g/mol. The zero-order chi connectivity index (χ0) is 13.1. The highest BCUT2D eigenvalue weighted by Crippen LogP contribution is 2.58. The highest BCUT2D eigenvalue weighted by Gasteiger charge is 2.57. The Hall–Kier alpha value is -0.610. The first kappa shape index (κ1) is 13.4. The van der Waals surface area contributed by atoms with Gasteiger partial charge in [0.25, 0.3) is 0 Å². The van der Waals surface area contributed by atoms with Gasteiger partial charge in [-0.15, -0.1) is 0 Å². The molecule has 2 heterocycles. The predicted octanol–water partition coefficient (Wildman–Crippen LogP) is 0.978. The van der Waals surface area contributed by atoms with Gasteiger partial charge in [-0.25, -0.2) is 0 Å². The SMILES string of the molecule is O=C(NCCN1CCCCC1)C1CC12CCNCC2. The van der Waals surface area contributed by atoms with Gasteiger partial charge in [-0.3, -0.25) is 4.79 Å². The number of nitrogens with zero attached hydrogens (tertiary/aromatic N) is 1. The number of likely N-dealkylation sites (tertiary alicyclic amines) is 1. The van der Waals surface area contributed by atoms with E-state index < -0.39 is 0 Å². The van der Waals surface area contributed by atoms with Crippen molar-refractivity contribution in [1.29, 1.82) is 0 Å². The summed E-state index contributed by atoms with van der Waals surface area (Å²) in [5, 5.41) is 6.55. The molecule has 3 fully saturated rings. The number of amides is 1. The van der Waals surface area contributed by atoms with E-state index in [2.05, 4.69) is 15.5 Å². The lowest BCUT2D eigenvalue weighted by molar-refractivity contribution is -0.123. The first-order valence-corrected chi connectivity index (χ1v) is 8.01. The Morgan fingerprint density at radius 3 is 2.68 bits per heavy atom. The zero-order valence-corrected chi connectivity index (χ0v) is 11.9. The standard InChI is InChI=1S/C15H27N3O/c19-14(13-12-15(13)4-6-16-7-5-15)17-8-11-18-9-2-1-3-10-18/h13,16H,1-12H2,(H,17,19). The van der Waals surface area contributed by atoms with Crippen LogP contribution in [0.15, 0.2) is 0 Å². The van der Waals surface area contributed by atoms with Crippen molar-refractivity contribution in [3.63, 3.8) is 0 Å². The van der Waals surface area contributed by atoms with Crippen LogP contribution in [0.3, 0.4) is 0 Å². The average molecular weight is 265 g/mol. The zero-order valence-electron chi connectivity index (χ0n) is 11.9. The van der Waals surface area contributed by atoms with Crippen molar-refractivity contribution >= 4 is 5.91 Å². The van der Waals surface area contributed by atoms with E-state index in [4.69, 9.17) is 0 Å². The van der Waals surface area contributed by atoms with Crippen LogP contribution in [0, 0.1) is 11.3 Å². The van der Waals surface area contributed by atoms with E-state index in [1.807, 2.05) is 0 Å². The molecule has 4 nitrogen and oxygen atoms in total. The third-order valence-corrected chi connectivity index (χ3v) is 5.28. The normalized spacial score (nSPS) is 30.2. The molecule has 0 aromatic rings. The monoisotopic (exact) mass is 265 g/mol. The summed E-state index contributed by atoms with van der Waals surface area (Å²) in [6.07, 6.45) is 7.54. The fourth-order valence-electron chi connectivity index (χ4n) is 3.84. The fraction of sp³-hybridized carbons (Fsp3) is 0.933. The lowest BCUT2D eigenvalue weighted by Crippen LogP contribution is -2.39. The van der Waals surface area contributed by atoms with Gasteiger partial charge in [0.2, 0.25) is 5.91 Å². The van der Waals surface area contributed by atoms with Gasteiger partial charge in [0.1, 0.15) is 0 Å². The molecular formula is C15H27N3O. The lowest BCUT2D eigenvalue weighted by Gasteiger charge is -2.26. The highest BCUT2D eigenvalue weighted by atomic mass is 16.2. The summed E-state index contributed by atoms with van der Waals surface area (Å²) in [5.74, 6) is 0.634. The summed E-state index contributed by atoms with van der Waals surface area (Å²) in [6.45, 7) is 6.50. The number of carbonyl (C=O) groups is 1. The molecule has 1 amide bonds. The predicted molar refractivity (Wildman–Crippen MR) is 75.9 cm³/mol. The van der Waals surface area contributed by atoms with Crippen molar-refractivity contribution in [1.82, 2.24) is 15.5 Å². The third kappa shape index (κ3) is 3.11. The maximum Gasteiger partial charge on any atom is 0.223 e. The molecule has 1 unspecified atom stereocenters. The smallest absolute Gasteiger partial charge is 0.223 e. The molecule has 2 N–H and O–H groups in total. The molecule has 0 aromatic carbocycles. The molecule has 2 aliphatic heterocycles. The molecule has 0 radical (unpaired) electrons. The molecule has 0 bridgehead atoms. The van der Waals surface area contributed by atoms with E-state index in [-0.39, 0.29) is 0 Å². The minimum atomic E-state index is 0.316. The van der Waals surface area contributed by atoms with Crippen molar-refractivity contribution in [2.45, 2.75) is 38.5 Å². The number of nitrogens with one attached hydrogen (secondary N) is 2. The van der Waals surface area contributed by atoms with Gasteiger partial charge in [0.15, 0.2) is 0 Å². The van der Waals surface area contributed by atoms with Crippen molar-refractivity contribution in [3.8, 4) is 0 Å². The first-order chi connectivity index (χ1) is 9.30. The highest BCUT2D eigenvalue weighted by molar-refractivity contribution is 5.82. The van der Waals surface area contributed by atoms with Gasteiger partial charge in [-0.2, -0.15) is 0 Å². The lowest BCUT2D eigenvalue weighted by atomic mass is 9.92. The average Bonchev–Trinajstić information content (AvgIpc) is 3.14. The topological polar surface area (TPSA) is 44.4 Å². The van der Waals surface area contributed by atoms with Crippen LogP contribution < -0.4 is 10.6 Å². The number of piperidine rings is 2. The van der Waals surface area contributed by atoms with E-state index in [1.165, 1.54) is 45.2 Å². The molecule has 1 aliphatic carbocycles. The maximum absolute atomic E-state index is 12.2. The Labute approximate surface area is 116 Å². The van der Waals surface area contributed by atoms with Crippen LogP contribution in [-0.4, -0.2) is 50.1 Å². The van der Waals surface area contributed by atoms with Crippen LogP contribution >= 0.6 is 0 Å². The third-order valence-electron chi connectivity index (χ3n) is 5.28. The van der Waals surface area contributed by atoms with Crippen LogP contribution in [0.4, 0.5) is 0 Å². The van der Waals surface area contributed by atoms with Crippen LogP contribution in [-0.2, 0) is 4.79 Å². The van der Waals surface area contributed by atoms with Crippen molar-refractivity contribution < 1.29 is 4.79 Å². The number of carbonyl (C=O) groups excluding carboxylic acids is 1. The second-order valence-corrected chi connectivity index (χ2v) is 6.56. The van der Waals surface area contributed by atoms with Gasteiger partial charge in [0.05, 0.1) is 0 Å². The summed E-state index contributed by atoms with van der Waals surface area (Å²) in [6, 6.07) is 0. The molecule has 1 atom stereocenters. The second kappa shape index (κ2) is 5.80. The van der Waals surface area contributed by atoms with E-state index in [0.29, 0.717) is 17.2 Å². The van der Waals surface area contributed by atoms with Crippen molar-refractivity contribution in [2.75, 3.05) is 39.3 Å². The molecule has 3 aliphatic rings. The Morgan fingerprint density at radius 2 is 1.95 bits per heavy atom. The van der Waals surface area contributed by atoms with Gasteiger partial charge >= 0.3 is 0 Å². The van der Waals surface area contributed by atoms with Crippen LogP contribution in [0.1, 0.15) is 38.5 Å². The molecule has 4 heteroatoms. The van der Waals surface area contributed by atoms with Crippen molar-refractivity contribution in [2.24, 2.45) is 11.3 Å². The molecule has 19 heavy (non-hydrogen) atoms. The number of hydrogen-bond acceptors (Lipinski definition) is 3. The van der Waals surface area contributed by atoms with Crippen LogP contribution in [0.2, 0.25) is 0 Å². The summed E-state index contributed by atoms with van der Waals surface area (Å²) in [5.41, 5.74) is 0.375. The summed E-state index contributed by atoms with van der Waals surface area (Å²) in [7, 11) is 0. The minimum Gasteiger partial charge on any atom is -0.355 e. The Bertz CT molecular complexity index is 319. The van der Waals surface area contributed by atoms with Crippen LogP contribution in [0.25, 0.3) is 0 Å². The fourth-order valence-corrected chi connectivity index (χ4v) is 3.84. The van der Waals surface area contributed by atoms with Gasteiger partial charge in [-0.05, 0) is 63.7 Å². The minimum absolute atomic E-state index is 0.316. The molecule has 3 rings (SSSR count). The maximum atomic E-state index is 12.2. The first-order valence-electron chi connectivity index (χ1n) is 8.01. The second-order valence-electron chi connectivity index (χ2n) is 6.56. The number of hydrogen-bond donors (Lipinski definition) is 2. The Balaban J connectivity index is 1.35. The van der Waals surface area contributed by atoms with Gasteiger partial charge < -0.3 is 15.5 Å². The van der Waals surface area contributed by atoms with Crippen molar-refractivity contribution in [3.05, 3.63) is 0 Å². The Morgan fingerprint density at radius 1 is 1.21 bits per heavy atom. The molecule has 1 saturated carbocycles. The van der Waals surface area contributed by atoms with E-state index >= 15 is 0 Å². The van der Waals surface area contributed by atoms with E-state index in [1.54, 1.807) is 0 Å². The molecule has 108 valence electrons. The molecule has 1 spiro atoms. The summed E-state index contributed by atoms with van der Waals surface area (Å²) in [4.78, 5) is 14.7. The molecule has 2 saturated heterocycles. The summed E-state index contributed by atoms with van der Waals surface area (Å²) >= 11 is 0. The number of rotatable bonds is 4. The molecule has 0 aromatic heterocycles. The summed E-state index contributed by atoms with van der Waals surface area (Å²) < 4.78 is 0. The van der Waals surface area contributed by atoms with Gasteiger partial charge in [0, 0.05) is 19.0 Å². The van der Waals surface area contributed by atoms with E-state index in [9.17, 15) is 4.79 Å². The Kier molecular flexibility index (Phi) is 4.08. The van der Waals surface area contributed by atoms with Crippen LogP contribution in [0.5, 0.6) is 0 Å². The quantitative estimate of drug-likeness (QED) is 0.796.